The molecule has 2 aromatic carbocycles. The first-order chi connectivity index (χ1) is 16.3. The second-order valence-electron chi connectivity index (χ2n) is 7.27. The lowest BCUT2D eigenvalue weighted by atomic mass is 10.3. The molecule has 168 valence electrons. The Morgan fingerprint density at radius 3 is 2.39 bits per heavy atom. The van der Waals surface area contributed by atoms with Crippen molar-refractivity contribution in [2.24, 2.45) is 0 Å². The van der Waals surface area contributed by atoms with Gasteiger partial charge in [-0.15, -0.1) is 10.2 Å². The van der Waals surface area contributed by atoms with Crippen molar-refractivity contribution in [1.82, 2.24) is 29.7 Å². The number of nitrogen functional groups attached to an aromatic ring is 1. The number of anilines is 4. The largest absolute Gasteiger partial charge is 0.378 e. The molecule has 1 aliphatic heterocycles. The van der Waals surface area contributed by atoms with Crippen molar-refractivity contribution in [3.63, 3.8) is 0 Å². The van der Waals surface area contributed by atoms with Crippen molar-refractivity contribution in [3.8, 4) is 5.69 Å². The highest BCUT2D eigenvalue weighted by Gasteiger charge is 2.22. The van der Waals surface area contributed by atoms with Crippen molar-refractivity contribution in [3.05, 3.63) is 66.5 Å². The van der Waals surface area contributed by atoms with Gasteiger partial charge in [-0.1, -0.05) is 48.2 Å². The van der Waals surface area contributed by atoms with Crippen LogP contribution in [-0.4, -0.2) is 56.0 Å². The fraction of sp³-hybridized carbons (Fsp3) is 0.227. The molecule has 2 aromatic heterocycles. The fourth-order valence-corrected chi connectivity index (χ4v) is 4.27. The van der Waals surface area contributed by atoms with Crippen LogP contribution >= 0.6 is 11.8 Å². The minimum absolute atomic E-state index is 0.164. The van der Waals surface area contributed by atoms with Crippen LogP contribution in [0.5, 0.6) is 0 Å². The average molecular weight is 462 g/mol. The van der Waals surface area contributed by atoms with Gasteiger partial charge in [0.15, 0.2) is 5.16 Å². The van der Waals surface area contributed by atoms with E-state index in [-0.39, 0.29) is 5.95 Å². The van der Waals surface area contributed by atoms with Crippen LogP contribution in [0, 0.1) is 0 Å². The molecule has 4 aromatic rings. The number of nitrogens with two attached hydrogens (primary N) is 1. The van der Waals surface area contributed by atoms with E-state index in [2.05, 4.69) is 39.9 Å². The molecule has 33 heavy (non-hydrogen) atoms. The van der Waals surface area contributed by atoms with Gasteiger partial charge in [-0.2, -0.15) is 15.0 Å². The summed E-state index contributed by atoms with van der Waals surface area (Å²) in [7, 11) is 0. The molecule has 1 saturated heterocycles. The predicted octanol–water partition coefficient (Wildman–Crippen LogP) is 2.91. The summed E-state index contributed by atoms with van der Waals surface area (Å²) >= 11 is 1.50. The van der Waals surface area contributed by atoms with Gasteiger partial charge in [0.2, 0.25) is 17.8 Å². The van der Waals surface area contributed by atoms with Gasteiger partial charge < -0.3 is 20.7 Å². The Balaban J connectivity index is 1.39. The van der Waals surface area contributed by atoms with Gasteiger partial charge in [0.25, 0.3) is 0 Å². The molecular formula is C22H23N9OS. The zero-order valence-corrected chi connectivity index (χ0v) is 18.6. The number of thioether (sulfide) groups is 1. The summed E-state index contributed by atoms with van der Waals surface area (Å²) in [5.74, 6) is 2.39. The molecule has 3 heterocycles. The number of nitrogens with one attached hydrogen (secondary N) is 1. The normalized spacial score (nSPS) is 13.8. The summed E-state index contributed by atoms with van der Waals surface area (Å²) in [6, 6.07) is 19.8. The van der Waals surface area contributed by atoms with Crippen molar-refractivity contribution < 1.29 is 4.74 Å². The lowest BCUT2D eigenvalue weighted by Gasteiger charge is -2.27. The summed E-state index contributed by atoms with van der Waals surface area (Å²) in [6.07, 6.45) is 0. The molecule has 1 aliphatic rings. The molecule has 0 spiro atoms. The molecule has 0 radical (unpaired) electrons. The maximum absolute atomic E-state index is 5.94. The number of morpholine rings is 1. The zero-order chi connectivity index (χ0) is 22.5. The van der Waals surface area contributed by atoms with E-state index < -0.39 is 0 Å². The Bertz CT molecular complexity index is 1200. The standard InChI is InChI=1S/C22H23N9OS/c23-19-25-18(26-20(27-19)24-16-7-3-1-4-8-16)15-33-22-29-28-21(30-11-13-32-14-12-30)31(22)17-9-5-2-6-10-17/h1-10H,11-15H2,(H3,23,24,25,26,27). The van der Waals surface area contributed by atoms with Gasteiger partial charge in [0.05, 0.1) is 24.7 Å². The Hall–Kier alpha value is -3.70. The summed E-state index contributed by atoms with van der Waals surface area (Å²) in [5.41, 5.74) is 7.81. The summed E-state index contributed by atoms with van der Waals surface area (Å²) < 4.78 is 7.56. The number of aromatic nitrogens is 6. The highest BCUT2D eigenvalue weighted by molar-refractivity contribution is 7.98. The number of nitrogens with zero attached hydrogens (tertiary/aromatic N) is 7. The predicted molar refractivity (Wildman–Crippen MR) is 128 cm³/mol. The SMILES string of the molecule is Nc1nc(CSc2nnc(N3CCOCC3)n2-c2ccccc2)nc(Nc2ccccc2)n1. The van der Waals surface area contributed by atoms with Crippen LogP contribution < -0.4 is 16.0 Å². The van der Waals surface area contributed by atoms with Crippen molar-refractivity contribution in [1.29, 1.82) is 0 Å². The van der Waals surface area contributed by atoms with E-state index in [4.69, 9.17) is 10.5 Å². The number of rotatable bonds is 7. The van der Waals surface area contributed by atoms with E-state index in [1.807, 2.05) is 60.7 Å². The third-order valence-corrected chi connectivity index (χ3v) is 5.91. The van der Waals surface area contributed by atoms with Gasteiger partial charge in [0.1, 0.15) is 5.82 Å². The number of hydrogen-bond donors (Lipinski definition) is 2. The van der Waals surface area contributed by atoms with Crippen molar-refractivity contribution in [2.75, 3.05) is 42.3 Å². The van der Waals surface area contributed by atoms with Gasteiger partial charge in [-0.25, -0.2) is 0 Å². The average Bonchev–Trinajstić information content (AvgIpc) is 3.28. The molecule has 5 rings (SSSR count). The highest BCUT2D eigenvalue weighted by Crippen LogP contribution is 2.29. The molecule has 0 atom stereocenters. The van der Waals surface area contributed by atoms with Crippen molar-refractivity contribution >= 4 is 35.3 Å². The number of hydrogen-bond acceptors (Lipinski definition) is 10. The van der Waals surface area contributed by atoms with E-state index in [9.17, 15) is 0 Å². The second kappa shape index (κ2) is 9.84. The first-order valence-corrected chi connectivity index (χ1v) is 11.5. The number of para-hydroxylation sites is 2. The Kier molecular flexibility index (Phi) is 6.31. The molecular weight excluding hydrogens is 438 g/mol. The summed E-state index contributed by atoms with van der Waals surface area (Å²) in [5, 5.41) is 12.9. The van der Waals surface area contributed by atoms with E-state index in [0.29, 0.717) is 30.7 Å². The topological polar surface area (TPSA) is 120 Å². The van der Waals surface area contributed by atoms with Gasteiger partial charge in [0, 0.05) is 18.8 Å². The monoisotopic (exact) mass is 461 g/mol. The molecule has 10 nitrogen and oxygen atoms in total. The van der Waals surface area contributed by atoms with E-state index >= 15 is 0 Å². The quantitative estimate of drug-likeness (QED) is 0.397. The lowest BCUT2D eigenvalue weighted by Crippen LogP contribution is -2.37. The van der Waals surface area contributed by atoms with Gasteiger partial charge in [-0.05, 0) is 24.3 Å². The first-order valence-electron chi connectivity index (χ1n) is 10.5. The van der Waals surface area contributed by atoms with Crippen molar-refractivity contribution in [2.45, 2.75) is 10.9 Å². The third-order valence-electron chi connectivity index (χ3n) is 4.98. The molecule has 0 saturated carbocycles. The smallest absolute Gasteiger partial charge is 0.232 e. The van der Waals surface area contributed by atoms with Crippen LogP contribution in [0.15, 0.2) is 65.8 Å². The second-order valence-corrected chi connectivity index (χ2v) is 8.21. The first kappa shape index (κ1) is 21.2. The zero-order valence-electron chi connectivity index (χ0n) is 17.8. The Labute approximate surface area is 195 Å². The Morgan fingerprint density at radius 2 is 1.64 bits per heavy atom. The van der Waals surface area contributed by atoms with Crippen LogP contribution in [0.4, 0.5) is 23.5 Å². The van der Waals surface area contributed by atoms with Crippen LogP contribution in [0.3, 0.4) is 0 Å². The van der Waals surface area contributed by atoms with Gasteiger partial charge in [-0.3, -0.25) is 4.57 Å². The highest BCUT2D eigenvalue weighted by atomic mass is 32.2. The maximum Gasteiger partial charge on any atom is 0.232 e. The van der Waals surface area contributed by atoms with Crippen LogP contribution in [0.25, 0.3) is 5.69 Å². The minimum Gasteiger partial charge on any atom is -0.378 e. The molecule has 1 fully saturated rings. The number of benzene rings is 2. The fourth-order valence-electron chi connectivity index (χ4n) is 3.47. The third kappa shape index (κ3) is 5.04. The van der Waals surface area contributed by atoms with E-state index in [1.54, 1.807) is 0 Å². The molecule has 0 aliphatic carbocycles. The van der Waals surface area contributed by atoms with Crippen LogP contribution in [0.2, 0.25) is 0 Å². The maximum atomic E-state index is 5.94. The van der Waals surface area contributed by atoms with Crippen LogP contribution in [-0.2, 0) is 10.5 Å². The lowest BCUT2D eigenvalue weighted by molar-refractivity contribution is 0.122. The minimum atomic E-state index is 0.164. The molecule has 0 bridgehead atoms. The van der Waals surface area contributed by atoms with E-state index in [0.717, 1.165) is 35.6 Å². The summed E-state index contributed by atoms with van der Waals surface area (Å²) in [6.45, 7) is 2.89. The van der Waals surface area contributed by atoms with Gasteiger partial charge >= 0.3 is 0 Å². The molecule has 11 heteroatoms. The number of ether oxygens (including phenoxy) is 1. The Morgan fingerprint density at radius 1 is 0.909 bits per heavy atom. The summed E-state index contributed by atoms with van der Waals surface area (Å²) in [4.78, 5) is 15.2. The molecule has 3 N–H and O–H groups in total. The van der Waals surface area contributed by atoms with E-state index in [1.165, 1.54) is 11.8 Å². The molecule has 0 amide bonds. The van der Waals surface area contributed by atoms with Crippen LogP contribution in [0.1, 0.15) is 5.82 Å². The molecule has 0 unspecified atom stereocenters.